The third kappa shape index (κ3) is 6.79. The first-order chi connectivity index (χ1) is 13.9. The van der Waals surface area contributed by atoms with Gasteiger partial charge in [-0.05, 0) is 38.0 Å². The lowest BCUT2D eigenvalue weighted by atomic mass is 9.94. The van der Waals surface area contributed by atoms with Crippen LogP contribution in [0.15, 0.2) is 65.8 Å². The van der Waals surface area contributed by atoms with E-state index in [0.29, 0.717) is 18.8 Å². The first-order valence-corrected chi connectivity index (χ1v) is 10.2. The summed E-state index contributed by atoms with van der Waals surface area (Å²) in [5.41, 5.74) is 0.396. The molecule has 0 aliphatic carbocycles. The molecule has 2 amide bonds. The number of amides is 2. The van der Waals surface area contributed by atoms with Gasteiger partial charge in [0.05, 0.1) is 18.2 Å². The summed E-state index contributed by atoms with van der Waals surface area (Å²) >= 11 is 5.96. The maximum Gasteiger partial charge on any atom is 0.242 e. The molecule has 0 unspecified atom stereocenters. The van der Waals surface area contributed by atoms with Gasteiger partial charge >= 0.3 is 0 Å². The standard InChI is InChI=1S/C23H29ClN2O3/c1-4-13-26(22(28)23(2,3)18-24)17-21(27)25(16-20-11-8-15-29-20)14-12-19-9-6-5-7-10-19/h4-11,15H,1,12-14,16-18H2,2-3H3. The number of carbonyl (C=O) groups is 2. The Morgan fingerprint density at radius 3 is 2.45 bits per heavy atom. The number of nitrogens with zero attached hydrogens (tertiary/aromatic N) is 2. The molecule has 0 aliphatic rings. The van der Waals surface area contributed by atoms with Crippen molar-refractivity contribution < 1.29 is 14.0 Å². The minimum atomic E-state index is -0.749. The fraction of sp³-hybridized carbons (Fsp3) is 0.391. The average Bonchev–Trinajstić information content (AvgIpc) is 3.24. The van der Waals surface area contributed by atoms with E-state index < -0.39 is 5.41 Å². The minimum Gasteiger partial charge on any atom is -0.467 e. The molecule has 0 saturated carbocycles. The first-order valence-electron chi connectivity index (χ1n) is 9.67. The summed E-state index contributed by atoms with van der Waals surface area (Å²) in [4.78, 5) is 29.2. The van der Waals surface area contributed by atoms with Crippen LogP contribution < -0.4 is 0 Å². The summed E-state index contributed by atoms with van der Waals surface area (Å²) in [6, 6.07) is 13.6. The monoisotopic (exact) mass is 416 g/mol. The van der Waals surface area contributed by atoms with E-state index in [1.807, 2.05) is 36.4 Å². The molecule has 2 rings (SSSR count). The van der Waals surface area contributed by atoms with E-state index in [0.717, 1.165) is 12.0 Å². The minimum absolute atomic E-state index is 0.0271. The van der Waals surface area contributed by atoms with Crippen molar-refractivity contribution in [2.24, 2.45) is 5.41 Å². The van der Waals surface area contributed by atoms with Crippen molar-refractivity contribution in [2.45, 2.75) is 26.8 Å². The molecular formula is C23H29ClN2O3. The predicted octanol–water partition coefficient (Wildman–Crippen LogP) is 4.13. The molecule has 1 heterocycles. The van der Waals surface area contributed by atoms with E-state index in [1.165, 1.54) is 4.90 Å². The molecule has 0 spiro atoms. The van der Waals surface area contributed by atoms with Gasteiger partial charge in [0.15, 0.2) is 0 Å². The van der Waals surface area contributed by atoms with Crippen LogP contribution in [0.4, 0.5) is 0 Å². The predicted molar refractivity (Wildman–Crippen MR) is 116 cm³/mol. The highest BCUT2D eigenvalue weighted by atomic mass is 35.5. The van der Waals surface area contributed by atoms with Crippen LogP contribution >= 0.6 is 11.6 Å². The van der Waals surface area contributed by atoms with E-state index in [1.54, 1.807) is 37.2 Å². The Hall–Kier alpha value is -2.53. The normalized spacial score (nSPS) is 11.1. The van der Waals surface area contributed by atoms with Gasteiger partial charge in [0.1, 0.15) is 12.3 Å². The van der Waals surface area contributed by atoms with E-state index in [2.05, 4.69) is 6.58 Å². The van der Waals surface area contributed by atoms with E-state index in [4.69, 9.17) is 16.0 Å². The zero-order valence-corrected chi connectivity index (χ0v) is 17.9. The lowest BCUT2D eigenvalue weighted by Crippen LogP contribution is -2.48. The topological polar surface area (TPSA) is 53.8 Å². The highest BCUT2D eigenvalue weighted by molar-refractivity contribution is 6.19. The van der Waals surface area contributed by atoms with Crippen LogP contribution in [0.2, 0.25) is 0 Å². The highest BCUT2D eigenvalue weighted by Crippen LogP contribution is 2.21. The van der Waals surface area contributed by atoms with Crippen molar-refractivity contribution in [1.29, 1.82) is 0 Å². The van der Waals surface area contributed by atoms with Gasteiger partial charge in [-0.25, -0.2) is 0 Å². The Morgan fingerprint density at radius 1 is 1.14 bits per heavy atom. The van der Waals surface area contributed by atoms with Crippen molar-refractivity contribution in [3.8, 4) is 0 Å². The molecule has 1 aromatic heterocycles. The van der Waals surface area contributed by atoms with Crippen molar-refractivity contribution >= 4 is 23.4 Å². The van der Waals surface area contributed by atoms with Gasteiger partial charge in [0.2, 0.25) is 11.8 Å². The summed E-state index contributed by atoms with van der Waals surface area (Å²) in [6.45, 7) is 8.41. The smallest absolute Gasteiger partial charge is 0.242 e. The maximum absolute atomic E-state index is 13.1. The molecule has 0 N–H and O–H groups in total. The fourth-order valence-electron chi connectivity index (χ4n) is 2.91. The summed E-state index contributed by atoms with van der Waals surface area (Å²) in [7, 11) is 0. The Morgan fingerprint density at radius 2 is 1.86 bits per heavy atom. The van der Waals surface area contributed by atoms with E-state index in [9.17, 15) is 9.59 Å². The summed E-state index contributed by atoms with van der Waals surface area (Å²) < 4.78 is 5.43. The first kappa shape index (κ1) is 22.8. The van der Waals surface area contributed by atoms with Crippen LogP contribution in [-0.4, -0.2) is 47.1 Å². The molecule has 6 heteroatoms. The van der Waals surface area contributed by atoms with Crippen molar-refractivity contribution in [3.05, 3.63) is 72.7 Å². The molecule has 29 heavy (non-hydrogen) atoms. The molecule has 0 atom stereocenters. The van der Waals surface area contributed by atoms with Crippen LogP contribution in [0, 0.1) is 5.41 Å². The number of alkyl halides is 1. The number of rotatable bonds is 11. The third-order valence-corrected chi connectivity index (χ3v) is 5.34. The Labute approximate surface area is 177 Å². The van der Waals surface area contributed by atoms with Crippen LogP contribution in [0.1, 0.15) is 25.2 Å². The SMILES string of the molecule is C=CCN(CC(=O)N(CCc1ccccc1)Cc1ccco1)C(=O)C(C)(C)CCl. The Bertz CT molecular complexity index is 788. The van der Waals surface area contributed by atoms with Gasteiger partial charge in [-0.2, -0.15) is 0 Å². The average molecular weight is 417 g/mol. The number of hydrogen-bond donors (Lipinski definition) is 0. The Balaban J connectivity index is 2.13. The van der Waals surface area contributed by atoms with Crippen LogP contribution in [-0.2, 0) is 22.6 Å². The van der Waals surface area contributed by atoms with Gasteiger partial charge < -0.3 is 14.2 Å². The van der Waals surface area contributed by atoms with Crippen molar-refractivity contribution in [2.75, 3.05) is 25.5 Å². The zero-order chi connectivity index (χ0) is 21.3. The van der Waals surface area contributed by atoms with Crippen LogP contribution in [0.5, 0.6) is 0 Å². The van der Waals surface area contributed by atoms with E-state index in [-0.39, 0.29) is 30.8 Å². The quantitative estimate of drug-likeness (QED) is 0.408. The molecule has 156 valence electrons. The number of furan rings is 1. The number of benzene rings is 1. The molecule has 0 fully saturated rings. The maximum atomic E-state index is 13.1. The second kappa shape index (κ2) is 10.9. The lowest BCUT2D eigenvalue weighted by Gasteiger charge is -2.31. The zero-order valence-electron chi connectivity index (χ0n) is 17.1. The lowest BCUT2D eigenvalue weighted by molar-refractivity contribution is -0.145. The van der Waals surface area contributed by atoms with Gasteiger partial charge in [0, 0.05) is 19.0 Å². The molecule has 2 aromatic rings. The number of halogens is 1. The van der Waals surface area contributed by atoms with Gasteiger partial charge in [-0.3, -0.25) is 9.59 Å². The highest BCUT2D eigenvalue weighted by Gasteiger charge is 2.32. The second-order valence-electron chi connectivity index (χ2n) is 7.62. The molecule has 1 aromatic carbocycles. The number of hydrogen-bond acceptors (Lipinski definition) is 3. The third-order valence-electron chi connectivity index (χ3n) is 4.67. The summed E-state index contributed by atoms with van der Waals surface area (Å²) in [5.74, 6) is 0.575. The van der Waals surface area contributed by atoms with E-state index >= 15 is 0 Å². The van der Waals surface area contributed by atoms with Gasteiger partial charge in [-0.15, -0.1) is 18.2 Å². The Kier molecular flexibility index (Phi) is 8.52. The summed E-state index contributed by atoms with van der Waals surface area (Å²) in [5, 5.41) is 0. The fourth-order valence-corrected chi connectivity index (χ4v) is 3.03. The molecule has 0 saturated heterocycles. The number of carbonyl (C=O) groups excluding carboxylic acids is 2. The molecule has 0 bridgehead atoms. The largest absolute Gasteiger partial charge is 0.467 e. The molecule has 0 aliphatic heterocycles. The molecular weight excluding hydrogens is 388 g/mol. The van der Waals surface area contributed by atoms with Crippen molar-refractivity contribution in [1.82, 2.24) is 9.80 Å². The van der Waals surface area contributed by atoms with Crippen LogP contribution in [0.25, 0.3) is 0 Å². The van der Waals surface area contributed by atoms with Crippen molar-refractivity contribution in [3.63, 3.8) is 0 Å². The second-order valence-corrected chi connectivity index (χ2v) is 7.89. The van der Waals surface area contributed by atoms with Gasteiger partial charge in [0.25, 0.3) is 0 Å². The summed E-state index contributed by atoms with van der Waals surface area (Å²) in [6.07, 6.45) is 3.93. The van der Waals surface area contributed by atoms with Crippen LogP contribution in [0.3, 0.4) is 0 Å². The van der Waals surface area contributed by atoms with Gasteiger partial charge in [-0.1, -0.05) is 36.4 Å². The molecule has 5 nitrogen and oxygen atoms in total. The molecule has 0 radical (unpaired) electrons.